The molecule has 4 heteroatoms. The third-order valence-corrected chi connectivity index (χ3v) is 4.36. The first-order valence-corrected chi connectivity index (χ1v) is 8.82. The number of carbonyl (C=O) groups excluding carboxylic acids is 1. The van der Waals surface area contributed by atoms with Crippen molar-refractivity contribution in [3.05, 3.63) is 84.1 Å². The van der Waals surface area contributed by atoms with Gasteiger partial charge in [0, 0.05) is 23.4 Å². The van der Waals surface area contributed by atoms with Crippen LogP contribution in [0.3, 0.4) is 0 Å². The molecule has 0 aliphatic heterocycles. The minimum atomic E-state index is -0.00853. The van der Waals surface area contributed by atoms with Crippen LogP contribution in [-0.2, 0) is 6.61 Å². The topological polar surface area (TPSA) is 51.2 Å². The van der Waals surface area contributed by atoms with E-state index in [1.165, 1.54) is 0 Å². The average Bonchev–Trinajstić information content (AvgIpc) is 3.51. The molecule has 0 radical (unpaired) electrons. The molecule has 0 saturated heterocycles. The maximum absolute atomic E-state index is 12.1. The summed E-state index contributed by atoms with van der Waals surface area (Å²) in [7, 11) is 0. The summed E-state index contributed by atoms with van der Waals surface area (Å²) < 4.78 is 5.93. The Morgan fingerprint density at radius 3 is 2.50 bits per heavy atom. The van der Waals surface area contributed by atoms with E-state index in [-0.39, 0.29) is 5.91 Å². The molecular weight excluding hydrogens is 324 g/mol. The Kier molecular flexibility index (Phi) is 4.65. The van der Waals surface area contributed by atoms with E-state index in [0.717, 1.165) is 29.5 Å². The molecule has 1 saturated carbocycles. The van der Waals surface area contributed by atoms with Crippen molar-refractivity contribution in [1.29, 1.82) is 0 Å². The highest BCUT2D eigenvalue weighted by Gasteiger charge is 2.23. The molecule has 3 aromatic rings. The fourth-order valence-electron chi connectivity index (χ4n) is 2.75. The number of pyridine rings is 1. The van der Waals surface area contributed by atoms with Crippen molar-refractivity contribution >= 4 is 5.91 Å². The van der Waals surface area contributed by atoms with Gasteiger partial charge >= 0.3 is 0 Å². The monoisotopic (exact) mass is 344 g/mol. The molecule has 1 amide bonds. The largest absolute Gasteiger partial charge is 0.472 e. The molecule has 1 aromatic heterocycles. The van der Waals surface area contributed by atoms with Crippen LogP contribution < -0.4 is 10.1 Å². The average molecular weight is 344 g/mol. The van der Waals surface area contributed by atoms with E-state index in [9.17, 15) is 4.79 Å². The number of benzene rings is 2. The van der Waals surface area contributed by atoms with E-state index >= 15 is 0 Å². The van der Waals surface area contributed by atoms with Gasteiger partial charge in [0.05, 0.1) is 0 Å². The van der Waals surface area contributed by atoms with Gasteiger partial charge in [-0.3, -0.25) is 4.79 Å². The van der Waals surface area contributed by atoms with Gasteiger partial charge in [-0.15, -0.1) is 0 Å². The van der Waals surface area contributed by atoms with Crippen molar-refractivity contribution < 1.29 is 9.53 Å². The number of carbonyl (C=O) groups is 1. The van der Waals surface area contributed by atoms with Crippen molar-refractivity contribution in [2.45, 2.75) is 25.5 Å². The van der Waals surface area contributed by atoms with Crippen LogP contribution in [-0.4, -0.2) is 16.9 Å². The molecule has 0 bridgehead atoms. The van der Waals surface area contributed by atoms with Crippen molar-refractivity contribution in [3.8, 4) is 17.0 Å². The Morgan fingerprint density at radius 1 is 1.00 bits per heavy atom. The van der Waals surface area contributed by atoms with E-state index in [1.54, 1.807) is 6.20 Å². The SMILES string of the molecule is O=C(NC1CC1)c1ccc(-c2cccnc2OCc2ccccc2)cc1. The fourth-order valence-corrected chi connectivity index (χ4v) is 2.75. The number of nitrogens with zero attached hydrogens (tertiary/aromatic N) is 1. The summed E-state index contributed by atoms with van der Waals surface area (Å²) in [6.45, 7) is 0.465. The second-order valence-electron chi connectivity index (χ2n) is 6.46. The third kappa shape index (κ3) is 3.91. The summed E-state index contributed by atoms with van der Waals surface area (Å²) >= 11 is 0. The van der Waals surface area contributed by atoms with Crippen molar-refractivity contribution in [3.63, 3.8) is 0 Å². The van der Waals surface area contributed by atoms with Gasteiger partial charge in [0.1, 0.15) is 6.61 Å². The first-order valence-electron chi connectivity index (χ1n) is 8.82. The third-order valence-electron chi connectivity index (χ3n) is 4.36. The summed E-state index contributed by atoms with van der Waals surface area (Å²) in [6, 6.07) is 21.8. The van der Waals surface area contributed by atoms with E-state index in [4.69, 9.17) is 4.74 Å². The second kappa shape index (κ2) is 7.40. The smallest absolute Gasteiger partial charge is 0.251 e. The predicted octanol–water partition coefficient (Wildman–Crippen LogP) is 4.22. The van der Waals surface area contributed by atoms with Gasteiger partial charge < -0.3 is 10.1 Å². The van der Waals surface area contributed by atoms with Gasteiger partial charge in [-0.05, 0) is 48.2 Å². The predicted molar refractivity (Wildman–Crippen MR) is 101 cm³/mol. The number of amides is 1. The molecular formula is C22H20N2O2. The quantitative estimate of drug-likeness (QED) is 0.728. The van der Waals surface area contributed by atoms with Crippen LogP contribution in [0.1, 0.15) is 28.8 Å². The highest BCUT2D eigenvalue weighted by atomic mass is 16.5. The summed E-state index contributed by atoms with van der Waals surface area (Å²) in [5, 5.41) is 3.00. The molecule has 1 N–H and O–H groups in total. The lowest BCUT2D eigenvalue weighted by Gasteiger charge is -2.11. The molecule has 4 rings (SSSR count). The lowest BCUT2D eigenvalue weighted by Crippen LogP contribution is -2.25. The molecule has 0 atom stereocenters. The van der Waals surface area contributed by atoms with Crippen molar-refractivity contribution in [1.82, 2.24) is 10.3 Å². The Bertz CT molecular complexity index is 888. The van der Waals surface area contributed by atoms with E-state index < -0.39 is 0 Å². The molecule has 4 nitrogen and oxygen atoms in total. The number of hydrogen-bond donors (Lipinski definition) is 1. The van der Waals surface area contributed by atoms with Crippen molar-refractivity contribution in [2.75, 3.05) is 0 Å². The molecule has 1 heterocycles. The Balaban J connectivity index is 1.50. The molecule has 1 aliphatic rings. The molecule has 130 valence electrons. The Hall–Kier alpha value is -3.14. The standard InChI is InChI=1S/C22H20N2O2/c25-21(24-19-12-13-19)18-10-8-17(9-11-18)20-7-4-14-23-22(20)26-15-16-5-2-1-3-6-16/h1-11,14,19H,12-13,15H2,(H,24,25). The van der Waals surface area contributed by atoms with Gasteiger partial charge in [0.25, 0.3) is 5.91 Å². The van der Waals surface area contributed by atoms with Crippen LogP contribution >= 0.6 is 0 Å². The van der Waals surface area contributed by atoms with Crippen LogP contribution in [0.2, 0.25) is 0 Å². The Morgan fingerprint density at radius 2 is 1.77 bits per heavy atom. The first kappa shape index (κ1) is 16.3. The number of rotatable bonds is 6. The number of hydrogen-bond acceptors (Lipinski definition) is 3. The normalized spacial score (nSPS) is 13.2. The van der Waals surface area contributed by atoms with Crippen LogP contribution in [0.25, 0.3) is 11.1 Å². The van der Waals surface area contributed by atoms with Crippen LogP contribution in [0.15, 0.2) is 72.9 Å². The maximum atomic E-state index is 12.1. The zero-order valence-corrected chi connectivity index (χ0v) is 14.4. The molecule has 26 heavy (non-hydrogen) atoms. The Labute approximate surface area is 152 Å². The highest BCUT2D eigenvalue weighted by molar-refractivity contribution is 5.95. The number of nitrogens with one attached hydrogen (secondary N) is 1. The molecule has 0 unspecified atom stereocenters. The van der Waals surface area contributed by atoms with Crippen LogP contribution in [0.5, 0.6) is 5.88 Å². The van der Waals surface area contributed by atoms with Crippen LogP contribution in [0.4, 0.5) is 0 Å². The minimum absolute atomic E-state index is 0.00853. The number of ether oxygens (including phenoxy) is 1. The molecule has 2 aromatic carbocycles. The molecule has 1 aliphatic carbocycles. The molecule has 0 spiro atoms. The van der Waals surface area contributed by atoms with E-state index in [2.05, 4.69) is 10.3 Å². The van der Waals surface area contributed by atoms with Gasteiger partial charge in [-0.25, -0.2) is 4.98 Å². The zero-order valence-electron chi connectivity index (χ0n) is 14.4. The van der Waals surface area contributed by atoms with Gasteiger partial charge in [-0.2, -0.15) is 0 Å². The van der Waals surface area contributed by atoms with E-state index in [0.29, 0.717) is 24.1 Å². The summed E-state index contributed by atoms with van der Waals surface area (Å²) in [6.07, 6.45) is 3.89. The van der Waals surface area contributed by atoms with Gasteiger partial charge in [0.15, 0.2) is 0 Å². The summed E-state index contributed by atoms with van der Waals surface area (Å²) in [5.74, 6) is 0.581. The van der Waals surface area contributed by atoms with Crippen LogP contribution in [0, 0.1) is 0 Å². The summed E-state index contributed by atoms with van der Waals surface area (Å²) in [5.41, 5.74) is 3.66. The first-order chi connectivity index (χ1) is 12.8. The highest BCUT2D eigenvalue weighted by Crippen LogP contribution is 2.28. The lowest BCUT2D eigenvalue weighted by molar-refractivity contribution is 0.0951. The lowest BCUT2D eigenvalue weighted by atomic mass is 10.0. The molecule has 1 fully saturated rings. The zero-order chi connectivity index (χ0) is 17.8. The van der Waals surface area contributed by atoms with E-state index in [1.807, 2.05) is 66.7 Å². The maximum Gasteiger partial charge on any atom is 0.251 e. The number of aromatic nitrogens is 1. The minimum Gasteiger partial charge on any atom is -0.472 e. The second-order valence-corrected chi connectivity index (χ2v) is 6.46. The fraction of sp³-hybridized carbons (Fsp3) is 0.182. The van der Waals surface area contributed by atoms with Gasteiger partial charge in [-0.1, -0.05) is 42.5 Å². The van der Waals surface area contributed by atoms with Gasteiger partial charge in [0.2, 0.25) is 5.88 Å². The van der Waals surface area contributed by atoms with Crippen molar-refractivity contribution in [2.24, 2.45) is 0 Å². The summed E-state index contributed by atoms with van der Waals surface area (Å²) in [4.78, 5) is 16.5.